The summed E-state index contributed by atoms with van der Waals surface area (Å²) >= 11 is 0.877. The number of halogens is 5. The van der Waals surface area contributed by atoms with Crippen LogP contribution in [0.25, 0.3) is 0 Å². The van der Waals surface area contributed by atoms with Gasteiger partial charge < -0.3 is 5.11 Å². The molecule has 0 bridgehead atoms. The standard InChI is InChI=1S/C11H13F5N2O2S/c1-5(2)4-21-8-6(9(19)20)7(17-18(8)3)10(12,13)11(14,15)16/h5H,4H2,1-3H3,(H,19,20). The molecule has 0 atom stereocenters. The Kier molecular flexibility index (Phi) is 4.91. The highest BCUT2D eigenvalue weighted by Crippen LogP contribution is 2.46. The maximum absolute atomic E-state index is 13.4. The molecule has 0 radical (unpaired) electrons. The van der Waals surface area contributed by atoms with Gasteiger partial charge >= 0.3 is 18.1 Å². The molecule has 1 rings (SSSR count). The second-order valence-electron chi connectivity index (χ2n) is 4.73. The second-order valence-corrected chi connectivity index (χ2v) is 5.74. The van der Waals surface area contributed by atoms with Gasteiger partial charge in [0.2, 0.25) is 0 Å². The number of aryl methyl sites for hydroxylation is 1. The van der Waals surface area contributed by atoms with Gasteiger partial charge in [0.1, 0.15) is 10.6 Å². The zero-order valence-electron chi connectivity index (χ0n) is 11.3. The van der Waals surface area contributed by atoms with Crippen molar-refractivity contribution >= 4 is 17.7 Å². The summed E-state index contributed by atoms with van der Waals surface area (Å²) in [5, 5.41) is 11.9. The fourth-order valence-corrected chi connectivity index (χ4v) is 2.51. The summed E-state index contributed by atoms with van der Waals surface area (Å²) in [4.78, 5) is 11.1. The van der Waals surface area contributed by atoms with Crippen molar-refractivity contribution in [2.45, 2.75) is 31.0 Å². The lowest BCUT2D eigenvalue weighted by Gasteiger charge is -2.17. The number of aromatic carboxylic acids is 1. The average Bonchev–Trinajstić information content (AvgIpc) is 2.62. The number of hydrogen-bond acceptors (Lipinski definition) is 3. The van der Waals surface area contributed by atoms with Gasteiger partial charge in [-0.3, -0.25) is 4.68 Å². The van der Waals surface area contributed by atoms with Gasteiger partial charge in [0, 0.05) is 12.8 Å². The Hall–Kier alpha value is -1.32. The minimum atomic E-state index is -5.91. The monoisotopic (exact) mass is 332 g/mol. The molecule has 21 heavy (non-hydrogen) atoms. The first kappa shape index (κ1) is 17.7. The van der Waals surface area contributed by atoms with Crippen LogP contribution in [0.15, 0.2) is 5.03 Å². The van der Waals surface area contributed by atoms with Gasteiger partial charge in [0.15, 0.2) is 5.69 Å². The molecule has 0 unspecified atom stereocenters. The summed E-state index contributed by atoms with van der Waals surface area (Å²) in [5.74, 6) is -6.74. The molecule has 0 spiro atoms. The van der Waals surface area contributed by atoms with E-state index in [0.29, 0.717) is 5.75 Å². The molecule has 0 saturated heterocycles. The first-order chi connectivity index (χ1) is 9.39. The van der Waals surface area contributed by atoms with Crippen molar-refractivity contribution in [1.82, 2.24) is 9.78 Å². The SMILES string of the molecule is CC(C)CSc1c(C(=O)O)c(C(F)(F)C(F)(F)F)nn1C. The van der Waals surface area contributed by atoms with Crippen molar-refractivity contribution in [2.75, 3.05) is 5.75 Å². The van der Waals surface area contributed by atoms with Crippen molar-refractivity contribution in [1.29, 1.82) is 0 Å². The summed E-state index contributed by atoms with van der Waals surface area (Å²) < 4.78 is 64.8. The van der Waals surface area contributed by atoms with Gasteiger partial charge in [-0.05, 0) is 5.92 Å². The number of rotatable bonds is 5. The molecule has 1 heterocycles. The molecule has 10 heteroatoms. The zero-order valence-corrected chi connectivity index (χ0v) is 12.1. The molecule has 0 aliphatic carbocycles. The average molecular weight is 332 g/mol. The van der Waals surface area contributed by atoms with Crippen LogP contribution in [0.1, 0.15) is 29.9 Å². The molecule has 4 nitrogen and oxygen atoms in total. The Morgan fingerprint density at radius 2 is 1.86 bits per heavy atom. The number of hydrogen-bond donors (Lipinski definition) is 1. The number of thioether (sulfide) groups is 1. The predicted molar refractivity (Wildman–Crippen MR) is 65.7 cm³/mol. The van der Waals surface area contributed by atoms with Crippen LogP contribution in [0.2, 0.25) is 0 Å². The fourth-order valence-electron chi connectivity index (χ4n) is 1.47. The van der Waals surface area contributed by atoms with Crippen molar-refractivity contribution in [3.63, 3.8) is 0 Å². The minimum absolute atomic E-state index is 0.0955. The Labute approximate surface area is 121 Å². The second kappa shape index (κ2) is 5.82. The van der Waals surface area contributed by atoms with Crippen LogP contribution in [0.4, 0.5) is 22.0 Å². The number of carboxylic acids is 1. The van der Waals surface area contributed by atoms with Crippen LogP contribution in [-0.4, -0.2) is 32.8 Å². The lowest BCUT2D eigenvalue weighted by Crippen LogP contribution is -2.35. The van der Waals surface area contributed by atoms with E-state index >= 15 is 0 Å². The molecule has 0 saturated carbocycles. The minimum Gasteiger partial charge on any atom is -0.478 e. The largest absolute Gasteiger partial charge is 0.478 e. The van der Waals surface area contributed by atoms with E-state index in [1.807, 2.05) is 0 Å². The van der Waals surface area contributed by atoms with Crippen LogP contribution in [0, 0.1) is 5.92 Å². The van der Waals surface area contributed by atoms with E-state index in [-0.39, 0.29) is 10.9 Å². The molecule has 0 amide bonds. The summed E-state index contributed by atoms with van der Waals surface area (Å²) in [6, 6.07) is 0. The number of nitrogens with zero attached hydrogens (tertiary/aromatic N) is 2. The fraction of sp³-hybridized carbons (Fsp3) is 0.636. The Balaban J connectivity index is 3.42. The van der Waals surface area contributed by atoms with Crippen LogP contribution in [0.5, 0.6) is 0 Å². The van der Waals surface area contributed by atoms with Gasteiger partial charge in [-0.2, -0.15) is 27.1 Å². The van der Waals surface area contributed by atoms with Gasteiger partial charge in [0.25, 0.3) is 0 Å². The van der Waals surface area contributed by atoms with Crippen molar-refractivity contribution in [3.05, 3.63) is 11.3 Å². The van der Waals surface area contributed by atoms with Crippen molar-refractivity contribution in [2.24, 2.45) is 13.0 Å². The third kappa shape index (κ3) is 3.47. The first-order valence-electron chi connectivity index (χ1n) is 5.77. The third-order valence-corrected chi connectivity index (χ3v) is 3.99. The van der Waals surface area contributed by atoms with Crippen LogP contribution in [0.3, 0.4) is 0 Å². The number of carbonyl (C=O) groups is 1. The number of alkyl halides is 5. The molecule has 0 aliphatic heterocycles. The summed E-state index contributed by atoms with van der Waals surface area (Å²) in [6.07, 6.45) is -5.91. The first-order valence-corrected chi connectivity index (χ1v) is 6.76. The van der Waals surface area contributed by atoms with E-state index in [9.17, 15) is 26.7 Å². The van der Waals surface area contributed by atoms with Crippen LogP contribution in [-0.2, 0) is 13.0 Å². The lowest BCUT2D eigenvalue weighted by molar-refractivity contribution is -0.291. The van der Waals surface area contributed by atoms with Gasteiger partial charge in [-0.1, -0.05) is 13.8 Å². The smallest absolute Gasteiger partial charge is 0.459 e. The highest BCUT2D eigenvalue weighted by molar-refractivity contribution is 7.99. The van der Waals surface area contributed by atoms with Gasteiger partial charge in [-0.25, -0.2) is 4.79 Å². The van der Waals surface area contributed by atoms with E-state index < -0.39 is 29.3 Å². The molecule has 1 aromatic heterocycles. The molecule has 0 aliphatic rings. The molecule has 0 aromatic carbocycles. The van der Waals surface area contributed by atoms with Gasteiger partial charge in [-0.15, -0.1) is 11.8 Å². The van der Waals surface area contributed by atoms with E-state index in [0.717, 1.165) is 23.5 Å². The van der Waals surface area contributed by atoms with E-state index in [4.69, 9.17) is 5.11 Å². The van der Waals surface area contributed by atoms with E-state index in [1.54, 1.807) is 13.8 Å². The maximum Gasteiger partial charge on any atom is 0.459 e. The van der Waals surface area contributed by atoms with Gasteiger partial charge in [0.05, 0.1) is 0 Å². The number of carboxylic acid groups (broad SMARTS) is 1. The third-order valence-electron chi connectivity index (χ3n) is 2.42. The molecule has 1 aromatic rings. The molecule has 1 N–H and O–H groups in total. The molecular formula is C11H13F5N2O2S. The molecule has 120 valence electrons. The van der Waals surface area contributed by atoms with Crippen molar-refractivity contribution < 1.29 is 31.9 Å². The van der Waals surface area contributed by atoms with Crippen LogP contribution < -0.4 is 0 Å². The van der Waals surface area contributed by atoms with Crippen LogP contribution >= 0.6 is 11.8 Å². The lowest BCUT2D eigenvalue weighted by atomic mass is 10.1. The number of aromatic nitrogens is 2. The van der Waals surface area contributed by atoms with Crippen molar-refractivity contribution in [3.8, 4) is 0 Å². The summed E-state index contributed by atoms with van der Waals surface area (Å²) in [7, 11) is 1.13. The summed E-state index contributed by atoms with van der Waals surface area (Å²) in [5.41, 5.74) is -2.89. The Morgan fingerprint density at radius 1 is 1.33 bits per heavy atom. The maximum atomic E-state index is 13.4. The van der Waals surface area contributed by atoms with E-state index in [2.05, 4.69) is 5.10 Å². The molecular weight excluding hydrogens is 319 g/mol. The highest BCUT2D eigenvalue weighted by atomic mass is 32.2. The normalized spacial score (nSPS) is 13.0. The Morgan fingerprint density at radius 3 is 2.24 bits per heavy atom. The zero-order chi connectivity index (χ0) is 16.6. The predicted octanol–water partition coefficient (Wildman–Crippen LogP) is 3.52. The van der Waals surface area contributed by atoms with E-state index in [1.165, 1.54) is 0 Å². The quantitative estimate of drug-likeness (QED) is 0.662. The highest BCUT2D eigenvalue weighted by Gasteiger charge is 2.62. The topological polar surface area (TPSA) is 55.1 Å². The molecule has 0 fully saturated rings. The summed E-state index contributed by atoms with van der Waals surface area (Å²) in [6.45, 7) is 3.60. The Bertz CT molecular complexity index is 539.